The van der Waals surface area contributed by atoms with E-state index in [9.17, 15) is 18.0 Å². The molecule has 0 aliphatic carbocycles. The second kappa shape index (κ2) is 19.4. The number of rotatable bonds is 16. The Bertz CT molecular complexity index is 702. The van der Waals surface area contributed by atoms with E-state index in [1.54, 1.807) is 20.8 Å². The monoisotopic (exact) mass is 597 g/mol. The Morgan fingerprint density at radius 3 is 2.05 bits per heavy atom. The van der Waals surface area contributed by atoms with Crippen molar-refractivity contribution in [3.8, 4) is 0 Å². The fraction of sp³-hybridized carbons (Fsp3) is 0.968. The minimum absolute atomic E-state index is 0.134. The lowest BCUT2D eigenvalue weighted by Crippen LogP contribution is -2.69. The quantitative estimate of drug-likeness (QED) is 0.186. The zero-order chi connectivity index (χ0) is 31.1. The van der Waals surface area contributed by atoms with Crippen molar-refractivity contribution < 1.29 is 41.7 Å². The fourth-order valence-corrected chi connectivity index (χ4v) is 5.46. The summed E-state index contributed by atoms with van der Waals surface area (Å²) in [7, 11) is 1.84. The fourth-order valence-electron chi connectivity index (χ4n) is 5.46. The average molecular weight is 598 g/mol. The van der Waals surface area contributed by atoms with Gasteiger partial charge in [-0.25, -0.2) is 0 Å². The van der Waals surface area contributed by atoms with Gasteiger partial charge in [0.15, 0.2) is 5.79 Å². The van der Waals surface area contributed by atoms with Crippen molar-refractivity contribution in [3.05, 3.63) is 0 Å². The van der Waals surface area contributed by atoms with Gasteiger partial charge in [-0.3, -0.25) is 4.79 Å². The number of hydrogen-bond acceptors (Lipinski definition) is 6. The van der Waals surface area contributed by atoms with Gasteiger partial charge in [-0.15, -0.1) is 0 Å². The van der Waals surface area contributed by atoms with Crippen molar-refractivity contribution in [2.45, 2.75) is 180 Å². The first kappa shape index (κ1) is 38.1. The lowest BCUT2D eigenvalue weighted by atomic mass is 9.91. The van der Waals surface area contributed by atoms with Crippen molar-refractivity contribution in [3.63, 3.8) is 0 Å². The number of fused-ring (bicyclic) bond motifs is 1. The number of amides is 1. The van der Waals surface area contributed by atoms with Crippen molar-refractivity contribution in [1.29, 1.82) is 0 Å². The van der Waals surface area contributed by atoms with Crippen molar-refractivity contribution in [2.24, 2.45) is 0 Å². The molecule has 2 heterocycles. The largest absolute Gasteiger partial charge is 0.471 e. The third-order valence-corrected chi connectivity index (χ3v) is 7.65. The van der Waals surface area contributed by atoms with Crippen LogP contribution in [0, 0.1) is 0 Å². The first-order valence-electron chi connectivity index (χ1n) is 15.9. The third-order valence-electron chi connectivity index (χ3n) is 7.65. The van der Waals surface area contributed by atoms with Gasteiger partial charge in [-0.2, -0.15) is 13.2 Å². The van der Waals surface area contributed by atoms with Crippen LogP contribution in [0.3, 0.4) is 0 Å². The van der Waals surface area contributed by atoms with E-state index >= 15 is 0 Å². The van der Waals surface area contributed by atoms with Gasteiger partial charge >= 0.3 is 12.1 Å². The highest BCUT2D eigenvalue weighted by Gasteiger charge is 2.53. The van der Waals surface area contributed by atoms with Crippen LogP contribution < -0.4 is 5.32 Å². The molecule has 0 aromatic heterocycles. The number of unbranched alkanes of at least 4 members (excludes halogenated alkanes) is 4. The van der Waals surface area contributed by atoms with Crippen LogP contribution in [0.1, 0.15) is 126 Å². The van der Waals surface area contributed by atoms with E-state index in [0.29, 0.717) is 6.10 Å². The molecular weight excluding hydrogens is 539 g/mol. The number of halogens is 3. The van der Waals surface area contributed by atoms with Crippen molar-refractivity contribution in [2.75, 3.05) is 13.7 Å². The van der Waals surface area contributed by atoms with Gasteiger partial charge in [-0.1, -0.05) is 79.1 Å². The van der Waals surface area contributed by atoms with Crippen LogP contribution in [0.4, 0.5) is 13.2 Å². The predicted molar refractivity (Wildman–Crippen MR) is 155 cm³/mol. The molecule has 2 rings (SSSR count). The molecule has 1 N–H and O–H groups in total. The van der Waals surface area contributed by atoms with Crippen LogP contribution in [-0.2, 0) is 28.5 Å². The Labute approximate surface area is 246 Å². The van der Waals surface area contributed by atoms with Crippen molar-refractivity contribution in [1.82, 2.24) is 5.32 Å². The van der Waals surface area contributed by atoms with Gasteiger partial charge in [0.2, 0.25) is 0 Å². The molecule has 6 atom stereocenters. The summed E-state index contributed by atoms with van der Waals surface area (Å²) in [6.07, 6.45) is 6.73. The SMILES string of the molecule is CCCC(CCC)O[C@@H]1[C@@H](NC(=O)C(F)(F)F)[C@@H](C)O[C@@H]2COC(C)(C)O[C@@H]12.CCCCCCC[C@H](CCC)OC. The van der Waals surface area contributed by atoms with Crippen LogP contribution in [0.15, 0.2) is 0 Å². The molecule has 2 aliphatic heterocycles. The van der Waals surface area contributed by atoms with Gasteiger partial charge < -0.3 is 29.0 Å². The summed E-state index contributed by atoms with van der Waals surface area (Å²) in [5.74, 6) is -2.93. The predicted octanol–water partition coefficient (Wildman–Crippen LogP) is 7.49. The number of methoxy groups -OCH3 is 1. The molecular formula is C31H58F3NO6. The Morgan fingerprint density at radius 1 is 0.927 bits per heavy atom. The smallest absolute Gasteiger partial charge is 0.381 e. The minimum atomic E-state index is -4.98. The van der Waals surface area contributed by atoms with E-state index in [0.717, 1.165) is 25.7 Å². The second-order valence-corrected chi connectivity index (χ2v) is 11.8. The summed E-state index contributed by atoms with van der Waals surface area (Å²) in [6.45, 7) is 13.9. The summed E-state index contributed by atoms with van der Waals surface area (Å²) < 4.78 is 67.8. The van der Waals surface area contributed by atoms with Crippen LogP contribution in [0.25, 0.3) is 0 Å². The molecule has 10 heteroatoms. The molecule has 244 valence electrons. The van der Waals surface area contributed by atoms with Gasteiger partial charge in [0.1, 0.15) is 18.3 Å². The summed E-state index contributed by atoms with van der Waals surface area (Å²) in [4.78, 5) is 11.6. The van der Waals surface area contributed by atoms with Crippen LogP contribution in [0.5, 0.6) is 0 Å². The van der Waals surface area contributed by atoms with E-state index in [2.05, 4.69) is 19.2 Å². The average Bonchev–Trinajstić information content (AvgIpc) is 2.90. The maximum Gasteiger partial charge on any atom is 0.471 e. The summed E-state index contributed by atoms with van der Waals surface area (Å²) in [6, 6.07) is -0.986. The number of carbonyl (C=O) groups is 1. The van der Waals surface area contributed by atoms with E-state index in [4.69, 9.17) is 23.7 Å². The molecule has 2 fully saturated rings. The molecule has 41 heavy (non-hydrogen) atoms. The highest BCUT2D eigenvalue weighted by Crippen LogP contribution is 2.35. The zero-order valence-electron chi connectivity index (χ0n) is 26.8. The van der Waals surface area contributed by atoms with Crippen molar-refractivity contribution >= 4 is 5.91 Å². The highest BCUT2D eigenvalue weighted by atomic mass is 19.4. The normalized spacial score (nSPS) is 26.6. The lowest BCUT2D eigenvalue weighted by Gasteiger charge is -2.51. The molecule has 0 unspecified atom stereocenters. The highest BCUT2D eigenvalue weighted by molar-refractivity contribution is 5.82. The van der Waals surface area contributed by atoms with Crippen LogP contribution in [-0.4, -0.2) is 74.3 Å². The third kappa shape index (κ3) is 13.9. The maximum absolute atomic E-state index is 12.9. The number of alkyl halides is 3. The molecule has 7 nitrogen and oxygen atoms in total. The Kier molecular flexibility index (Phi) is 18.0. The van der Waals surface area contributed by atoms with Gasteiger partial charge in [0.25, 0.3) is 0 Å². The van der Waals surface area contributed by atoms with Gasteiger partial charge in [0.05, 0.1) is 31.0 Å². The Morgan fingerprint density at radius 2 is 1.51 bits per heavy atom. The molecule has 0 aromatic rings. The van der Waals surface area contributed by atoms with Gasteiger partial charge in [-0.05, 0) is 46.5 Å². The Hall–Kier alpha value is -0.940. The molecule has 2 aliphatic rings. The van der Waals surface area contributed by atoms with Crippen LogP contribution in [0.2, 0.25) is 0 Å². The summed E-state index contributed by atoms with van der Waals surface area (Å²) >= 11 is 0. The molecule has 0 saturated carbocycles. The molecule has 0 bridgehead atoms. The van der Waals surface area contributed by atoms with E-state index < -0.39 is 48.3 Å². The molecule has 0 radical (unpaired) electrons. The standard InChI is InChI=1S/C19H32F3NO5.C12H26O/c1-6-8-12(9-7-2)27-16-14(23-17(24)19(20,21)22)11(3)26-13-10-25-18(4,5)28-15(13)16;1-4-6-7-8-9-11-12(13-3)10-5-2/h11-16H,6-10H2,1-5H3,(H,23,24);12H,4-11H2,1-3H3/t11-,13-,14+,15-,16-;12-/m10/s1. The zero-order valence-corrected chi connectivity index (χ0v) is 26.8. The van der Waals surface area contributed by atoms with E-state index in [1.807, 2.05) is 21.0 Å². The second-order valence-electron chi connectivity index (χ2n) is 11.8. The first-order valence-corrected chi connectivity index (χ1v) is 15.9. The van der Waals surface area contributed by atoms with E-state index in [1.165, 1.54) is 51.4 Å². The van der Waals surface area contributed by atoms with Crippen LogP contribution >= 0.6 is 0 Å². The Balaban J connectivity index is 0.000000545. The van der Waals surface area contributed by atoms with E-state index in [-0.39, 0.29) is 12.7 Å². The molecule has 1 amide bonds. The number of nitrogens with one attached hydrogen (secondary N) is 1. The summed E-state index contributed by atoms with van der Waals surface area (Å²) in [5.41, 5.74) is 0. The molecule has 2 saturated heterocycles. The maximum atomic E-state index is 12.9. The number of hydrogen-bond donors (Lipinski definition) is 1. The lowest BCUT2D eigenvalue weighted by molar-refractivity contribution is -0.353. The van der Waals surface area contributed by atoms with Gasteiger partial charge in [0, 0.05) is 7.11 Å². The minimum Gasteiger partial charge on any atom is -0.381 e. The molecule has 0 aromatic carbocycles. The molecule has 0 spiro atoms. The number of ether oxygens (including phenoxy) is 5. The topological polar surface area (TPSA) is 75.3 Å². The first-order chi connectivity index (χ1) is 19.3. The number of carbonyl (C=O) groups excluding carboxylic acids is 1. The summed E-state index contributed by atoms with van der Waals surface area (Å²) in [5, 5.41) is 2.07.